The molecule has 1 aromatic carbocycles. The normalized spacial score (nSPS) is 16.8. The number of carboxylic acid groups (broad SMARTS) is 1. The van der Waals surface area contributed by atoms with Crippen LogP contribution in [0.2, 0.25) is 0 Å². The summed E-state index contributed by atoms with van der Waals surface area (Å²) in [5, 5.41) is 8.91. The highest BCUT2D eigenvalue weighted by Crippen LogP contribution is 2.35. The summed E-state index contributed by atoms with van der Waals surface area (Å²) in [6, 6.07) is 5.89. The van der Waals surface area contributed by atoms with Crippen LogP contribution in [0.4, 0.5) is 0 Å². The molecule has 0 saturated heterocycles. The molecule has 1 aliphatic rings. The molecule has 0 heterocycles. The molecule has 0 fully saturated rings. The van der Waals surface area contributed by atoms with Gasteiger partial charge in [0.1, 0.15) is 5.75 Å². The van der Waals surface area contributed by atoms with E-state index in [0.717, 1.165) is 30.6 Å². The van der Waals surface area contributed by atoms with Crippen LogP contribution in [-0.2, 0) is 16.0 Å². The number of aliphatic carboxylic acids is 1. The van der Waals surface area contributed by atoms with Crippen LogP contribution in [0.25, 0.3) is 0 Å². The number of carbonyl (C=O) groups excluding carboxylic acids is 1. The van der Waals surface area contributed by atoms with Gasteiger partial charge in [-0.25, -0.2) is 0 Å². The molecule has 0 unspecified atom stereocenters. The molecule has 0 saturated carbocycles. The summed E-state index contributed by atoms with van der Waals surface area (Å²) in [7, 11) is 1.62. The third-order valence-electron chi connectivity index (χ3n) is 4.44. The van der Waals surface area contributed by atoms with Crippen molar-refractivity contribution >= 4 is 11.9 Å². The zero-order valence-electron chi connectivity index (χ0n) is 14.0. The van der Waals surface area contributed by atoms with Gasteiger partial charge in [-0.2, -0.15) is 0 Å². The molecule has 0 radical (unpaired) electrons. The van der Waals surface area contributed by atoms with Gasteiger partial charge in [0.25, 0.3) is 0 Å². The number of rotatable bonds is 6. The van der Waals surface area contributed by atoms with Gasteiger partial charge in [0, 0.05) is 12.6 Å². The zero-order valence-corrected chi connectivity index (χ0v) is 14.0. The molecule has 0 spiro atoms. The van der Waals surface area contributed by atoms with E-state index in [1.165, 1.54) is 5.56 Å². The Morgan fingerprint density at radius 1 is 1.39 bits per heavy atom. The number of ether oxygens (including phenoxy) is 1. The van der Waals surface area contributed by atoms with Crippen LogP contribution in [0.5, 0.6) is 5.75 Å². The molecular weight excluding hydrogens is 294 g/mol. The largest absolute Gasteiger partial charge is 0.497 e. The molecule has 1 aromatic rings. The van der Waals surface area contributed by atoms with E-state index in [1.54, 1.807) is 12.0 Å². The number of methoxy groups -OCH3 is 1. The Balaban J connectivity index is 2.26. The first-order valence-corrected chi connectivity index (χ1v) is 8.13. The van der Waals surface area contributed by atoms with Gasteiger partial charge in [-0.05, 0) is 56.4 Å². The minimum Gasteiger partial charge on any atom is -0.497 e. The summed E-state index contributed by atoms with van der Waals surface area (Å²) >= 11 is 0. The van der Waals surface area contributed by atoms with Gasteiger partial charge in [-0.3, -0.25) is 9.59 Å². The van der Waals surface area contributed by atoms with Crippen LogP contribution < -0.4 is 4.74 Å². The number of carboxylic acids is 1. The lowest BCUT2D eigenvalue weighted by molar-refractivity contribution is -0.139. The van der Waals surface area contributed by atoms with Crippen molar-refractivity contribution in [1.29, 1.82) is 0 Å². The summed E-state index contributed by atoms with van der Waals surface area (Å²) in [6.45, 7) is 4.10. The van der Waals surface area contributed by atoms with E-state index in [2.05, 4.69) is 0 Å². The fourth-order valence-corrected chi connectivity index (χ4v) is 3.20. The summed E-state index contributed by atoms with van der Waals surface area (Å²) in [6.07, 6.45) is 2.72. The van der Waals surface area contributed by atoms with Crippen molar-refractivity contribution in [3.05, 3.63) is 29.3 Å². The maximum Gasteiger partial charge on any atom is 0.305 e. The van der Waals surface area contributed by atoms with Gasteiger partial charge in [-0.15, -0.1) is 0 Å². The number of carbonyl (C=O) groups is 2. The average Bonchev–Trinajstić information content (AvgIpc) is 2.53. The molecule has 0 aromatic heterocycles. The Bertz CT molecular complexity index is 582. The number of hydrogen-bond donors (Lipinski definition) is 1. The lowest BCUT2D eigenvalue weighted by Gasteiger charge is -2.33. The summed E-state index contributed by atoms with van der Waals surface area (Å²) in [4.78, 5) is 25.5. The van der Waals surface area contributed by atoms with Crippen LogP contribution >= 0.6 is 0 Å². The molecule has 2 rings (SSSR count). The maximum absolute atomic E-state index is 13.0. The number of nitrogens with zero attached hydrogens (tertiary/aromatic N) is 1. The predicted octanol–water partition coefficient (Wildman–Crippen LogP) is 2.83. The second-order valence-electron chi connectivity index (χ2n) is 6.28. The highest BCUT2D eigenvalue weighted by Gasteiger charge is 2.31. The monoisotopic (exact) mass is 319 g/mol. The Kier molecular flexibility index (Phi) is 5.64. The van der Waals surface area contributed by atoms with E-state index >= 15 is 0 Å². The number of hydrogen-bond acceptors (Lipinski definition) is 3. The topological polar surface area (TPSA) is 66.8 Å². The van der Waals surface area contributed by atoms with Gasteiger partial charge in [0.15, 0.2) is 0 Å². The SMILES string of the molecule is COc1ccc2c(c1)[C@H](C(=O)N(CCC(=O)O)C(C)C)CCC2. The predicted molar refractivity (Wildman–Crippen MR) is 87.8 cm³/mol. The van der Waals surface area contributed by atoms with Gasteiger partial charge in [-0.1, -0.05) is 6.07 Å². The molecule has 5 heteroatoms. The molecule has 1 amide bonds. The van der Waals surface area contributed by atoms with Crippen LogP contribution in [0.15, 0.2) is 18.2 Å². The lowest BCUT2D eigenvalue weighted by Crippen LogP contribution is -2.42. The van der Waals surface area contributed by atoms with Crippen molar-refractivity contribution in [1.82, 2.24) is 4.90 Å². The summed E-state index contributed by atoms with van der Waals surface area (Å²) in [5.41, 5.74) is 2.22. The van der Waals surface area contributed by atoms with E-state index in [-0.39, 0.29) is 30.8 Å². The van der Waals surface area contributed by atoms with Crippen LogP contribution in [0.1, 0.15) is 50.2 Å². The van der Waals surface area contributed by atoms with Gasteiger partial charge in [0.2, 0.25) is 5.91 Å². The summed E-state index contributed by atoms with van der Waals surface area (Å²) < 4.78 is 5.29. The average molecular weight is 319 g/mol. The molecule has 1 aliphatic carbocycles. The highest BCUT2D eigenvalue weighted by molar-refractivity contribution is 5.85. The molecule has 0 aliphatic heterocycles. The van der Waals surface area contributed by atoms with Crippen molar-refractivity contribution in [2.75, 3.05) is 13.7 Å². The lowest BCUT2D eigenvalue weighted by atomic mass is 9.81. The number of amides is 1. The van der Waals surface area contributed by atoms with Crippen molar-refractivity contribution < 1.29 is 19.4 Å². The molecule has 1 atom stereocenters. The van der Waals surface area contributed by atoms with Crippen molar-refractivity contribution in [3.8, 4) is 5.75 Å². The Hall–Kier alpha value is -2.04. The Morgan fingerprint density at radius 3 is 2.74 bits per heavy atom. The van der Waals surface area contributed by atoms with Gasteiger partial charge in [0.05, 0.1) is 19.4 Å². The summed E-state index contributed by atoms with van der Waals surface area (Å²) in [5.74, 6) is -0.306. The fraction of sp³-hybridized carbons (Fsp3) is 0.556. The molecule has 0 bridgehead atoms. The van der Waals surface area contributed by atoms with E-state index in [1.807, 2.05) is 32.0 Å². The molecule has 5 nitrogen and oxygen atoms in total. The van der Waals surface area contributed by atoms with Crippen LogP contribution in [0.3, 0.4) is 0 Å². The number of aryl methyl sites for hydroxylation is 1. The quantitative estimate of drug-likeness (QED) is 0.875. The van der Waals surface area contributed by atoms with Crippen LogP contribution in [0, 0.1) is 0 Å². The molecular formula is C18H25NO4. The zero-order chi connectivity index (χ0) is 17.0. The van der Waals surface area contributed by atoms with Crippen LogP contribution in [-0.4, -0.2) is 41.6 Å². The number of benzene rings is 1. The molecule has 23 heavy (non-hydrogen) atoms. The first-order valence-electron chi connectivity index (χ1n) is 8.13. The Morgan fingerprint density at radius 2 is 2.13 bits per heavy atom. The molecule has 126 valence electrons. The highest BCUT2D eigenvalue weighted by atomic mass is 16.5. The van der Waals surface area contributed by atoms with E-state index in [9.17, 15) is 9.59 Å². The Labute approximate surface area is 137 Å². The minimum absolute atomic E-state index is 0.0159. The first kappa shape index (κ1) is 17.3. The standard InChI is InChI=1S/C18H25NO4/c1-12(2)19(10-9-17(20)21)18(22)15-6-4-5-13-7-8-14(23-3)11-16(13)15/h7-8,11-12,15H,4-6,9-10H2,1-3H3,(H,20,21)/t15-/m1/s1. The minimum atomic E-state index is -0.880. The fourth-order valence-electron chi connectivity index (χ4n) is 3.20. The van der Waals surface area contributed by atoms with Crippen molar-refractivity contribution in [2.24, 2.45) is 0 Å². The smallest absolute Gasteiger partial charge is 0.305 e. The van der Waals surface area contributed by atoms with Crippen molar-refractivity contribution in [2.45, 2.75) is 51.5 Å². The third-order valence-corrected chi connectivity index (χ3v) is 4.44. The van der Waals surface area contributed by atoms with E-state index < -0.39 is 5.97 Å². The van der Waals surface area contributed by atoms with Gasteiger partial charge >= 0.3 is 5.97 Å². The van der Waals surface area contributed by atoms with Gasteiger partial charge < -0.3 is 14.7 Å². The second-order valence-corrected chi connectivity index (χ2v) is 6.28. The number of fused-ring (bicyclic) bond motifs is 1. The van der Waals surface area contributed by atoms with E-state index in [0.29, 0.717) is 0 Å². The van der Waals surface area contributed by atoms with Crippen molar-refractivity contribution in [3.63, 3.8) is 0 Å². The maximum atomic E-state index is 13.0. The molecule has 1 N–H and O–H groups in total. The first-order chi connectivity index (χ1) is 10.9. The van der Waals surface area contributed by atoms with E-state index in [4.69, 9.17) is 9.84 Å². The second kappa shape index (κ2) is 7.49. The third kappa shape index (κ3) is 4.03.